The van der Waals surface area contributed by atoms with E-state index in [1.807, 2.05) is 12.1 Å². The molecule has 3 rings (SSSR count). The van der Waals surface area contributed by atoms with E-state index in [-0.39, 0.29) is 11.7 Å². The Balaban J connectivity index is 1.89. The van der Waals surface area contributed by atoms with Gasteiger partial charge in [0.1, 0.15) is 5.82 Å². The highest BCUT2D eigenvalue weighted by molar-refractivity contribution is 9.10. The lowest BCUT2D eigenvalue weighted by atomic mass is 10.1. The first kappa shape index (κ1) is 13.7. The molecule has 0 atom stereocenters. The van der Waals surface area contributed by atoms with E-state index in [1.54, 1.807) is 24.4 Å². The van der Waals surface area contributed by atoms with Crippen LogP contribution < -0.4 is 5.32 Å². The molecule has 0 bridgehead atoms. The van der Waals surface area contributed by atoms with Gasteiger partial charge < -0.3 is 5.32 Å². The van der Waals surface area contributed by atoms with Crippen LogP contribution in [0.5, 0.6) is 0 Å². The minimum Gasteiger partial charge on any atom is -0.321 e. The van der Waals surface area contributed by atoms with Gasteiger partial charge in [-0.1, -0.05) is 6.07 Å². The standard InChI is InChI=1S/C16H10BrFN2O/c17-13-9-12(18)4-6-15(13)20-16(21)11-3-5-14-10(8-11)2-1-7-19-14/h1-9H,(H,20,21). The number of nitrogens with zero attached hydrogens (tertiary/aromatic N) is 1. The fraction of sp³-hybridized carbons (Fsp3) is 0. The summed E-state index contributed by atoms with van der Waals surface area (Å²) >= 11 is 3.22. The minimum absolute atomic E-state index is 0.256. The van der Waals surface area contributed by atoms with E-state index in [0.29, 0.717) is 15.7 Å². The quantitative estimate of drug-likeness (QED) is 0.749. The van der Waals surface area contributed by atoms with Gasteiger partial charge in [-0.25, -0.2) is 4.39 Å². The average molecular weight is 345 g/mol. The number of hydrogen-bond acceptors (Lipinski definition) is 2. The summed E-state index contributed by atoms with van der Waals surface area (Å²) in [6.07, 6.45) is 1.71. The van der Waals surface area contributed by atoms with Gasteiger partial charge in [-0.05, 0) is 58.4 Å². The summed E-state index contributed by atoms with van der Waals surface area (Å²) < 4.78 is 13.5. The first-order valence-corrected chi connectivity index (χ1v) is 7.04. The highest BCUT2D eigenvalue weighted by atomic mass is 79.9. The molecule has 104 valence electrons. The van der Waals surface area contributed by atoms with Crippen molar-refractivity contribution in [3.8, 4) is 0 Å². The van der Waals surface area contributed by atoms with E-state index in [0.717, 1.165) is 10.9 Å². The molecule has 0 aliphatic carbocycles. The van der Waals surface area contributed by atoms with Gasteiger partial charge >= 0.3 is 0 Å². The Morgan fingerprint density at radius 1 is 1.14 bits per heavy atom. The van der Waals surface area contributed by atoms with E-state index in [4.69, 9.17) is 0 Å². The maximum Gasteiger partial charge on any atom is 0.255 e. The second-order valence-corrected chi connectivity index (χ2v) is 5.34. The lowest BCUT2D eigenvalue weighted by molar-refractivity contribution is 0.102. The van der Waals surface area contributed by atoms with Crippen molar-refractivity contribution in [2.24, 2.45) is 0 Å². The zero-order valence-electron chi connectivity index (χ0n) is 10.8. The number of aromatic nitrogens is 1. The molecule has 1 amide bonds. The molecule has 1 N–H and O–H groups in total. The van der Waals surface area contributed by atoms with E-state index < -0.39 is 0 Å². The van der Waals surface area contributed by atoms with Gasteiger partial charge in [0.25, 0.3) is 5.91 Å². The van der Waals surface area contributed by atoms with E-state index in [1.165, 1.54) is 18.2 Å². The number of carbonyl (C=O) groups excluding carboxylic acids is 1. The van der Waals surface area contributed by atoms with Crippen LogP contribution in [-0.2, 0) is 0 Å². The predicted octanol–water partition coefficient (Wildman–Crippen LogP) is 4.39. The van der Waals surface area contributed by atoms with Crippen molar-refractivity contribution >= 4 is 38.4 Å². The third kappa shape index (κ3) is 2.92. The number of amides is 1. The summed E-state index contributed by atoms with van der Waals surface area (Å²) in [6.45, 7) is 0. The Kier molecular flexibility index (Phi) is 3.66. The number of nitrogens with one attached hydrogen (secondary N) is 1. The van der Waals surface area contributed by atoms with Gasteiger partial charge in [0.15, 0.2) is 0 Å². The van der Waals surface area contributed by atoms with Crippen LogP contribution in [0.4, 0.5) is 10.1 Å². The van der Waals surface area contributed by atoms with Gasteiger partial charge in [-0.3, -0.25) is 9.78 Å². The van der Waals surface area contributed by atoms with Crippen LogP contribution in [0.25, 0.3) is 10.9 Å². The summed E-state index contributed by atoms with van der Waals surface area (Å²) in [4.78, 5) is 16.5. The van der Waals surface area contributed by atoms with Crippen LogP contribution in [0, 0.1) is 5.82 Å². The molecular weight excluding hydrogens is 335 g/mol. The maximum absolute atomic E-state index is 13.0. The lowest BCUT2D eigenvalue weighted by Gasteiger charge is -2.08. The number of pyridine rings is 1. The first-order chi connectivity index (χ1) is 10.1. The molecule has 1 aromatic heterocycles. The number of carbonyl (C=O) groups is 1. The second kappa shape index (κ2) is 5.61. The molecule has 0 radical (unpaired) electrons. The molecule has 0 aliphatic rings. The van der Waals surface area contributed by atoms with Gasteiger partial charge in [-0.2, -0.15) is 0 Å². The fourth-order valence-corrected chi connectivity index (χ4v) is 2.45. The number of anilines is 1. The zero-order valence-corrected chi connectivity index (χ0v) is 12.4. The van der Waals surface area contributed by atoms with Gasteiger partial charge in [0, 0.05) is 21.6 Å². The Hall–Kier alpha value is -2.27. The largest absolute Gasteiger partial charge is 0.321 e. The number of halogens is 2. The number of benzene rings is 2. The molecule has 0 spiro atoms. The Labute approximate surface area is 128 Å². The summed E-state index contributed by atoms with van der Waals surface area (Å²) in [5.41, 5.74) is 1.87. The van der Waals surface area contributed by atoms with Crippen molar-refractivity contribution in [3.63, 3.8) is 0 Å². The molecule has 0 fully saturated rings. The van der Waals surface area contributed by atoms with Crippen LogP contribution in [0.15, 0.2) is 59.2 Å². The third-order valence-electron chi connectivity index (χ3n) is 3.04. The van der Waals surface area contributed by atoms with Gasteiger partial charge in [-0.15, -0.1) is 0 Å². The van der Waals surface area contributed by atoms with Crippen LogP contribution in [0.2, 0.25) is 0 Å². The molecule has 3 aromatic rings. The Bertz CT molecular complexity index is 835. The van der Waals surface area contributed by atoms with Crippen molar-refractivity contribution < 1.29 is 9.18 Å². The van der Waals surface area contributed by atoms with Crippen molar-refractivity contribution in [2.45, 2.75) is 0 Å². The maximum atomic E-state index is 13.0. The highest BCUT2D eigenvalue weighted by Gasteiger charge is 2.09. The van der Waals surface area contributed by atoms with Gasteiger partial charge in [0.2, 0.25) is 0 Å². The van der Waals surface area contributed by atoms with Gasteiger partial charge in [0.05, 0.1) is 11.2 Å². The predicted molar refractivity (Wildman–Crippen MR) is 83.8 cm³/mol. The van der Waals surface area contributed by atoms with Crippen molar-refractivity contribution in [1.82, 2.24) is 4.98 Å². The zero-order chi connectivity index (χ0) is 14.8. The smallest absolute Gasteiger partial charge is 0.255 e. The monoisotopic (exact) mass is 344 g/mol. The molecule has 3 nitrogen and oxygen atoms in total. The molecule has 0 saturated heterocycles. The highest BCUT2D eigenvalue weighted by Crippen LogP contribution is 2.24. The summed E-state index contributed by atoms with van der Waals surface area (Å²) in [7, 11) is 0. The molecule has 0 saturated carbocycles. The Morgan fingerprint density at radius 3 is 2.81 bits per heavy atom. The minimum atomic E-state index is -0.364. The number of hydrogen-bond donors (Lipinski definition) is 1. The number of fused-ring (bicyclic) bond motifs is 1. The SMILES string of the molecule is O=C(Nc1ccc(F)cc1Br)c1ccc2ncccc2c1. The topological polar surface area (TPSA) is 42.0 Å². The summed E-state index contributed by atoms with van der Waals surface area (Å²) in [6, 6.07) is 13.1. The normalized spacial score (nSPS) is 10.6. The van der Waals surface area contributed by atoms with E-state index in [9.17, 15) is 9.18 Å². The molecular formula is C16H10BrFN2O. The second-order valence-electron chi connectivity index (χ2n) is 4.49. The molecule has 5 heteroatoms. The molecule has 21 heavy (non-hydrogen) atoms. The molecule has 0 aliphatic heterocycles. The van der Waals surface area contributed by atoms with Crippen molar-refractivity contribution in [2.75, 3.05) is 5.32 Å². The third-order valence-corrected chi connectivity index (χ3v) is 3.70. The first-order valence-electron chi connectivity index (χ1n) is 6.25. The van der Waals surface area contributed by atoms with E-state index >= 15 is 0 Å². The number of rotatable bonds is 2. The van der Waals surface area contributed by atoms with Crippen LogP contribution in [0.1, 0.15) is 10.4 Å². The van der Waals surface area contributed by atoms with Crippen LogP contribution in [0.3, 0.4) is 0 Å². The molecule has 0 unspecified atom stereocenters. The summed E-state index contributed by atoms with van der Waals surface area (Å²) in [5, 5.41) is 3.64. The Morgan fingerprint density at radius 2 is 2.00 bits per heavy atom. The van der Waals surface area contributed by atoms with Crippen LogP contribution in [-0.4, -0.2) is 10.9 Å². The molecule has 2 aromatic carbocycles. The van der Waals surface area contributed by atoms with Crippen molar-refractivity contribution in [1.29, 1.82) is 0 Å². The average Bonchev–Trinajstić information content (AvgIpc) is 2.49. The van der Waals surface area contributed by atoms with Crippen LogP contribution >= 0.6 is 15.9 Å². The lowest BCUT2D eigenvalue weighted by Crippen LogP contribution is -2.12. The van der Waals surface area contributed by atoms with E-state index in [2.05, 4.69) is 26.2 Å². The molecule has 1 heterocycles. The van der Waals surface area contributed by atoms with Crippen molar-refractivity contribution in [3.05, 3.63) is 70.6 Å². The summed E-state index contributed by atoms with van der Waals surface area (Å²) in [5.74, 6) is -0.621. The fourth-order valence-electron chi connectivity index (χ4n) is 2.00.